The predicted molar refractivity (Wildman–Crippen MR) is 58.1 cm³/mol. The maximum Gasteiger partial charge on any atom is 0.295 e. The topological polar surface area (TPSA) is 144 Å². The second-order valence-electron chi connectivity index (χ2n) is 3.22. The molecule has 0 aliphatic rings. The highest BCUT2D eigenvalue weighted by molar-refractivity contribution is 7.85. The number of anilines is 1. The molecule has 1 rings (SSSR count). The molecule has 9 heteroatoms. The van der Waals surface area contributed by atoms with Gasteiger partial charge in [-0.3, -0.25) is 14.7 Å². The van der Waals surface area contributed by atoms with Crippen LogP contribution in [0.3, 0.4) is 0 Å². The van der Waals surface area contributed by atoms with Crippen LogP contribution in [0, 0.1) is 10.1 Å². The van der Waals surface area contributed by atoms with E-state index < -0.39 is 32.2 Å². The standard InChI is InChI=1S/C8H10N2O6S/c9-7-3-5(10(12)13)4-8(17(14,15)16)6(7)1-2-11/h3-4,11H,1-2,9H2,(H,14,15,16). The molecule has 0 aliphatic heterocycles. The van der Waals surface area contributed by atoms with Crippen LogP contribution in [0.2, 0.25) is 0 Å². The third-order valence-corrected chi connectivity index (χ3v) is 3.00. The van der Waals surface area contributed by atoms with Crippen molar-refractivity contribution < 1.29 is 23.0 Å². The first kappa shape index (κ1) is 13.4. The van der Waals surface area contributed by atoms with E-state index in [0.717, 1.165) is 6.07 Å². The van der Waals surface area contributed by atoms with E-state index in [-0.39, 0.29) is 17.7 Å². The zero-order chi connectivity index (χ0) is 13.2. The molecule has 0 spiro atoms. The molecule has 1 aromatic rings. The summed E-state index contributed by atoms with van der Waals surface area (Å²) in [4.78, 5) is 9.05. The Morgan fingerprint density at radius 3 is 2.41 bits per heavy atom. The maximum atomic E-state index is 11.1. The highest BCUT2D eigenvalue weighted by Crippen LogP contribution is 2.28. The summed E-state index contributed by atoms with van der Waals surface area (Å²) in [5, 5.41) is 19.3. The number of hydrogen-bond acceptors (Lipinski definition) is 6. The Balaban J connectivity index is 3.56. The van der Waals surface area contributed by atoms with Crippen molar-refractivity contribution in [3.63, 3.8) is 0 Å². The van der Waals surface area contributed by atoms with Gasteiger partial charge in [0.25, 0.3) is 15.8 Å². The monoisotopic (exact) mass is 262 g/mol. The number of benzene rings is 1. The van der Waals surface area contributed by atoms with Gasteiger partial charge in [-0.1, -0.05) is 0 Å². The molecule has 4 N–H and O–H groups in total. The highest BCUT2D eigenvalue weighted by atomic mass is 32.2. The zero-order valence-corrected chi connectivity index (χ0v) is 9.35. The summed E-state index contributed by atoms with van der Waals surface area (Å²) in [6.45, 7) is -0.398. The van der Waals surface area contributed by atoms with Gasteiger partial charge in [-0.25, -0.2) is 0 Å². The van der Waals surface area contributed by atoms with Gasteiger partial charge in [0.05, 0.1) is 4.92 Å². The van der Waals surface area contributed by atoms with Crippen molar-refractivity contribution in [3.05, 3.63) is 27.8 Å². The van der Waals surface area contributed by atoms with Crippen molar-refractivity contribution in [1.29, 1.82) is 0 Å². The lowest BCUT2D eigenvalue weighted by atomic mass is 10.1. The Labute approximate surface area is 96.6 Å². The summed E-state index contributed by atoms with van der Waals surface area (Å²) in [6.07, 6.45) is -0.126. The van der Waals surface area contributed by atoms with E-state index in [4.69, 9.17) is 15.4 Å². The lowest BCUT2D eigenvalue weighted by Crippen LogP contribution is -2.09. The quantitative estimate of drug-likeness (QED) is 0.299. The highest BCUT2D eigenvalue weighted by Gasteiger charge is 2.22. The van der Waals surface area contributed by atoms with Gasteiger partial charge in [-0.05, 0) is 12.0 Å². The number of rotatable bonds is 4. The average Bonchev–Trinajstić information content (AvgIpc) is 2.18. The van der Waals surface area contributed by atoms with Crippen LogP contribution in [-0.4, -0.2) is 29.6 Å². The fourth-order valence-corrected chi connectivity index (χ4v) is 2.17. The molecule has 0 heterocycles. The van der Waals surface area contributed by atoms with E-state index in [1.165, 1.54) is 0 Å². The Morgan fingerprint density at radius 2 is 2.00 bits per heavy atom. The first-order valence-corrected chi connectivity index (χ1v) is 5.86. The van der Waals surface area contributed by atoms with Crippen molar-refractivity contribution in [2.45, 2.75) is 11.3 Å². The minimum Gasteiger partial charge on any atom is -0.398 e. The van der Waals surface area contributed by atoms with Crippen LogP contribution >= 0.6 is 0 Å². The lowest BCUT2D eigenvalue weighted by molar-refractivity contribution is -0.385. The van der Waals surface area contributed by atoms with E-state index in [9.17, 15) is 18.5 Å². The fourth-order valence-electron chi connectivity index (χ4n) is 1.37. The number of aliphatic hydroxyl groups excluding tert-OH is 1. The van der Waals surface area contributed by atoms with Crippen molar-refractivity contribution in [1.82, 2.24) is 0 Å². The second-order valence-corrected chi connectivity index (χ2v) is 4.61. The van der Waals surface area contributed by atoms with E-state index in [0.29, 0.717) is 6.07 Å². The summed E-state index contributed by atoms with van der Waals surface area (Å²) in [5.41, 5.74) is 4.70. The van der Waals surface area contributed by atoms with Gasteiger partial charge in [-0.15, -0.1) is 0 Å². The Morgan fingerprint density at radius 1 is 1.41 bits per heavy atom. The zero-order valence-electron chi connectivity index (χ0n) is 8.53. The lowest BCUT2D eigenvalue weighted by Gasteiger charge is -2.08. The summed E-state index contributed by atoms with van der Waals surface area (Å²) in [6, 6.07) is 1.68. The summed E-state index contributed by atoms with van der Waals surface area (Å²) >= 11 is 0. The molecule has 1 aromatic carbocycles. The van der Waals surface area contributed by atoms with Crippen molar-refractivity contribution in [3.8, 4) is 0 Å². The molecule has 0 saturated heterocycles. The van der Waals surface area contributed by atoms with E-state index in [1.54, 1.807) is 0 Å². The number of nitro benzene ring substituents is 1. The molecular formula is C8H10N2O6S. The van der Waals surface area contributed by atoms with Crippen molar-refractivity contribution in [2.75, 3.05) is 12.3 Å². The number of nitrogens with zero attached hydrogens (tertiary/aromatic N) is 1. The van der Waals surface area contributed by atoms with Crippen LogP contribution in [0.15, 0.2) is 17.0 Å². The molecule has 0 fully saturated rings. The number of hydrogen-bond donors (Lipinski definition) is 3. The van der Waals surface area contributed by atoms with Gasteiger partial charge in [0, 0.05) is 24.4 Å². The fraction of sp³-hybridized carbons (Fsp3) is 0.250. The van der Waals surface area contributed by atoms with Crippen LogP contribution in [0.1, 0.15) is 5.56 Å². The van der Waals surface area contributed by atoms with Gasteiger partial charge < -0.3 is 10.8 Å². The second kappa shape index (κ2) is 4.65. The molecule has 0 atom stereocenters. The molecule has 0 aliphatic carbocycles. The molecule has 0 bridgehead atoms. The Hall–Kier alpha value is -1.71. The van der Waals surface area contributed by atoms with Gasteiger partial charge in [0.2, 0.25) is 0 Å². The number of nitro groups is 1. The van der Waals surface area contributed by atoms with Gasteiger partial charge >= 0.3 is 0 Å². The molecule has 0 unspecified atom stereocenters. The van der Waals surface area contributed by atoms with Crippen LogP contribution in [-0.2, 0) is 16.5 Å². The number of aliphatic hydroxyl groups is 1. The largest absolute Gasteiger partial charge is 0.398 e. The van der Waals surface area contributed by atoms with Gasteiger partial charge in [0.15, 0.2) is 0 Å². The average molecular weight is 262 g/mol. The Bertz CT molecular complexity index is 553. The van der Waals surface area contributed by atoms with Crippen molar-refractivity contribution >= 4 is 21.5 Å². The first-order valence-electron chi connectivity index (χ1n) is 4.42. The van der Waals surface area contributed by atoms with Gasteiger partial charge in [-0.2, -0.15) is 8.42 Å². The number of nitrogen functional groups attached to an aromatic ring is 1. The molecule has 17 heavy (non-hydrogen) atoms. The van der Waals surface area contributed by atoms with Gasteiger partial charge in [0.1, 0.15) is 4.90 Å². The molecule has 0 saturated carbocycles. The molecule has 8 nitrogen and oxygen atoms in total. The summed E-state index contributed by atoms with van der Waals surface area (Å²) < 4.78 is 31.0. The smallest absolute Gasteiger partial charge is 0.295 e. The third-order valence-electron chi connectivity index (χ3n) is 2.08. The summed E-state index contributed by atoms with van der Waals surface area (Å²) in [5.74, 6) is 0. The predicted octanol–water partition coefficient (Wildman–Crippen LogP) is -0.0415. The minimum atomic E-state index is -4.63. The van der Waals surface area contributed by atoms with Crippen LogP contribution in [0.25, 0.3) is 0 Å². The number of nitrogens with two attached hydrogens (primary N) is 1. The number of non-ortho nitro benzene ring substituents is 1. The molecule has 0 radical (unpaired) electrons. The maximum absolute atomic E-state index is 11.1. The van der Waals surface area contributed by atoms with Crippen LogP contribution in [0.5, 0.6) is 0 Å². The van der Waals surface area contributed by atoms with Crippen LogP contribution in [0.4, 0.5) is 11.4 Å². The van der Waals surface area contributed by atoms with E-state index in [1.807, 2.05) is 0 Å². The first-order chi connectivity index (χ1) is 7.77. The minimum absolute atomic E-state index is 0.0411. The molecule has 0 aromatic heterocycles. The molecular weight excluding hydrogens is 252 g/mol. The Kier molecular flexibility index (Phi) is 3.66. The normalized spacial score (nSPS) is 11.4. The molecule has 0 amide bonds. The van der Waals surface area contributed by atoms with Crippen LogP contribution < -0.4 is 5.73 Å². The summed E-state index contributed by atoms with van der Waals surface area (Å²) in [7, 11) is -4.63. The molecule has 94 valence electrons. The van der Waals surface area contributed by atoms with E-state index in [2.05, 4.69) is 0 Å². The third kappa shape index (κ3) is 2.90. The van der Waals surface area contributed by atoms with Crippen molar-refractivity contribution in [2.24, 2.45) is 0 Å². The SMILES string of the molecule is Nc1cc([N+](=O)[O-])cc(S(=O)(=O)O)c1CCO. The van der Waals surface area contributed by atoms with E-state index >= 15 is 0 Å².